The number of carbonyl (C=O) groups is 1. The minimum atomic E-state index is -0.299. The van der Waals surface area contributed by atoms with E-state index in [9.17, 15) is 4.79 Å². The molecule has 0 radical (unpaired) electrons. The number of benzene rings is 1. The van der Waals surface area contributed by atoms with Gasteiger partial charge in [0.2, 0.25) is 0 Å². The van der Waals surface area contributed by atoms with E-state index < -0.39 is 0 Å². The van der Waals surface area contributed by atoms with Crippen LogP contribution in [-0.4, -0.2) is 22.6 Å². The third kappa shape index (κ3) is 3.35. The molecule has 1 fully saturated rings. The quantitative estimate of drug-likeness (QED) is 0.871. The second-order valence-corrected chi connectivity index (χ2v) is 6.81. The van der Waals surface area contributed by atoms with Gasteiger partial charge in [0, 0.05) is 23.6 Å². The van der Waals surface area contributed by atoms with Crippen molar-refractivity contribution < 1.29 is 4.79 Å². The van der Waals surface area contributed by atoms with E-state index in [1.165, 1.54) is 0 Å². The van der Waals surface area contributed by atoms with Crippen molar-refractivity contribution in [1.82, 2.24) is 9.88 Å². The summed E-state index contributed by atoms with van der Waals surface area (Å²) in [5.41, 5.74) is 9.44. The minimum Gasteiger partial charge on any atom is -0.345 e. The van der Waals surface area contributed by atoms with Gasteiger partial charge in [0.25, 0.3) is 5.91 Å². The Morgan fingerprint density at radius 1 is 1.29 bits per heavy atom. The fourth-order valence-corrected chi connectivity index (χ4v) is 3.33. The van der Waals surface area contributed by atoms with E-state index in [1.54, 1.807) is 0 Å². The van der Waals surface area contributed by atoms with Gasteiger partial charge in [-0.2, -0.15) is 0 Å². The van der Waals surface area contributed by atoms with Gasteiger partial charge in [-0.1, -0.05) is 18.2 Å². The van der Waals surface area contributed by atoms with Crippen LogP contribution in [0.5, 0.6) is 0 Å². The van der Waals surface area contributed by atoms with Crippen LogP contribution in [0.2, 0.25) is 0 Å². The van der Waals surface area contributed by atoms with Crippen molar-refractivity contribution in [2.45, 2.75) is 39.2 Å². The molecular weight excluding hydrogens is 322 g/mol. The van der Waals surface area contributed by atoms with E-state index in [4.69, 9.17) is 5.73 Å². The number of aromatic nitrogens is 1. The fourth-order valence-electron chi connectivity index (χ4n) is 3.33. The van der Waals surface area contributed by atoms with Gasteiger partial charge >= 0.3 is 0 Å². The van der Waals surface area contributed by atoms with Crippen molar-refractivity contribution in [3.8, 4) is 5.69 Å². The number of amides is 1. The third-order valence-electron chi connectivity index (χ3n) is 4.99. The first-order valence-corrected chi connectivity index (χ1v) is 8.23. The Balaban J connectivity index is 0.00000208. The summed E-state index contributed by atoms with van der Waals surface area (Å²) >= 11 is 0. The summed E-state index contributed by atoms with van der Waals surface area (Å²) < 4.78 is 2.12. The Kier molecular flexibility index (Phi) is 5.41. The molecule has 5 heteroatoms. The number of aryl methyl sites for hydroxylation is 1. The van der Waals surface area contributed by atoms with E-state index >= 15 is 0 Å². The van der Waals surface area contributed by atoms with Gasteiger partial charge in [0.15, 0.2) is 0 Å². The van der Waals surface area contributed by atoms with Crippen molar-refractivity contribution in [3.63, 3.8) is 0 Å². The number of nitrogens with two attached hydrogens (primary N) is 1. The number of rotatable bonds is 5. The maximum absolute atomic E-state index is 12.8. The van der Waals surface area contributed by atoms with E-state index in [0.717, 1.165) is 35.5 Å². The first-order valence-electron chi connectivity index (χ1n) is 8.23. The molecule has 2 aromatic rings. The second-order valence-electron chi connectivity index (χ2n) is 6.81. The molecule has 1 aliphatic rings. The number of carbonyl (C=O) groups excluding carboxylic acids is 1. The highest BCUT2D eigenvalue weighted by Crippen LogP contribution is 2.39. The van der Waals surface area contributed by atoms with Crippen molar-refractivity contribution in [2.24, 2.45) is 11.7 Å². The zero-order valence-electron chi connectivity index (χ0n) is 14.5. The summed E-state index contributed by atoms with van der Waals surface area (Å²) in [6.07, 6.45) is 2.30. The van der Waals surface area contributed by atoms with Crippen LogP contribution < -0.4 is 11.1 Å². The van der Waals surface area contributed by atoms with Crippen LogP contribution in [0.3, 0.4) is 0 Å². The molecule has 0 aliphatic heterocycles. The van der Waals surface area contributed by atoms with Crippen LogP contribution in [0.25, 0.3) is 5.69 Å². The first kappa shape index (κ1) is 18.6. The normalized spacial score (nSPS) is 16.2. The summed E-state index contributed by atoms with van der Waals surface area (Å²) in [6, 6.07) is 12.1. The van der Waals surface area contributed by atoms with Gasteiger partial charge in [0.1, 0.15) is 0 Å². The van der Waals surface area contributed by atoms with Crippen molar-refractivity contribution in [1.29, 1.82) is 0 Å². The lowest BCUT2D eigenvalue weighted by molar-refractivity contribution is 0.0897. The van der Waals surface area contributed by atoms with E-state index in [0.29, 0.717) is 12.5 Å². The molecule has 1 amide bonds. The van der Waals surface area contributed by atoms with Gasteiger partial charge in [0.05, 0.1) is 11.1 Å². The third-order valence-corrected chi connectivity index (χ3v) is 4.99. The number of para-hydroxylation sites is 1. The molecule has 1 aromatic heterocycles. The predicted molar refractivity (Wildman–Crippen MR) is 100 cm³/mol. The topological polar surface area (TPSA) is 60.1 Å². The van der Waals surface area contributed by atoms with E-state index in [2.05, 4.69) is 28.9 Å². The van der Waals surface area contributed by atoms with Crippen LogP contribution in [0.15, 0.2) is 36.4 Å². The molecule has 1 heterocycles. The molecule has 1 saturated carbocycles. The zero-order valence-corrected chi connectivity index (χ0v) is 15.3. The minimum absolute atomic E-state index is 0. The van der Waals surface area contributed by atoms with Crippen LogP contribution in [0.1, 0.15) is 41.5 Å². The Hall–Kier alpha value is -1.78. The lowest BCUT2D eigenvalue weighted by Gasteiger charge is -2.29. The van der Waals surface area contributed by atoms with Crippen LogP contribution in [-0.2, 0) is 0 Å². The highest BCUT2D eigenvalue weighted by Gasteiger charge is 2.41. The Labute approximate surface area is 149 Å². The lowest BCUT2D eigenvalue weighted by atomic mass is 9.95. The van der Waals surface area contributed by atoms with Gasteiger partial charge in [-0.25, -0.2) is 0 Å². The van der Waals surface area contributed by atoms with Crippen molar-refractivity contribution in [3.05, 3.63) is 53.3 Å². The molecule has 1 unspecified atom stereocenters. The number of hydrogen-bond acceptors (Lipinski definition) is 2. The molecule has 130 valence electrons. The van der Waals surface area contributed by atoms with Gasteiger partial charge in [-0.3, -0.25) is 4.79 Å². The molecule has 24 heavy (non-hydrogen) atoms. The fraction of sp³-hybridized carbons (Fsp3) is 0.421. The summed E-state index contributed by atoms with van der Waals surface area (Å²) in [6.45, 7) is 6.55. The number of nitrogens with zero attached hydrogens (tertiary/aromatic N) is 1. The summed E-state index contributed by atoms with van der Waals surface area (Å²) in [5.74, 6) is 0.481. The number of nitrogens with one attached hydrogen (secondary N) is 1. The molecule has 0 saturated heterocycles. The second kappa shape index (κ2) is 6.99. The Bertz CT molecular complexity index is 722. The van der Waals surface area contributed by atoms with Crippen molar-refractivity contribution >= 4 is 18.3 Å². The van der Waals surface area contributed by atoms with Crippen LogP contribution in [0, 0.1) is 19.8 Å². The molecule has 0 bridgehead atoms. The van der Waals surface area contributed by atoms with Crippen LogP contribution in [0.4, 0.5) is 0 Å². The lowest BCUT2D eigenvalue weighted by Crippen LogP contribution is -2.53. The molecule has 1 aromatic carbocycles. The smallest absolute Gasteiger partial charge is 0.253 e. The summed E-state index contributed by atoms with van der Waals surface area (Å²) in [7, 11) is 0. The van der Waals surface area contributed by atoms with Gasteiger partial charge in [-0.15, -0.1) is 12.4 Å². The van der Waals surface area contributed by atoms with E-state index in [1.807, 2.05) is 38.1 Å². The maximum atomic E-state index is 12.8. The molecule has 0 spiro atoms. The average Bonchev–Trinajstić information content (AvgIpc) is 3.35. The van der Waals surface area contributed by atoms with Crippen molar-refractivity contribution in [2.75, 3.05) is 6.54 Å². The van der Waals surface area contributed by atoms with Crippen LogP contribution >= 0.6 is 12.4 Å². The monoisotopic (exact) mass is 347 g/mol. The molecule has 3 rings (SSSR count). The predicted octanol–water partition coefficient (Wildman–Crippen LogP) is 3.37. The highest BCUT2D eigenvalue weighted by molar-refractivity contribution is 5.96. The Morgan fingerprint density at radius 2 is 1.92 bits per heavy atom. The van der Waals surface area contributed by atoms with Gasteiger partial charge in [-0.05, 0) is 57.7 Å². The van der Waals surface area contributed by atoms with E-state index in [-0.39, 0.29) is 23.9 Å². The average molecular weight is 348 g/mol. The summed E-state index contributed by atoms with van der Waals surface area (Å²) in [5, 5.41) is 3.18. The molecular formula is C19H26ClN3O. The first-order chi connectivity index (χ1) is 11.0. The molecule has 4 nitrogen and oxygen atoms in total. The SMILES string of the molecule is Cc1cc(C(=O)NC(C)(CN)C2CC2)c(C)n1-c1ccccc1.Cl. The summed E-state index contributed by atoms with van der Waals surface area (Å²) in [4.78, 5) is 12.8. The maximum Gasteiger partial charge on any atom is 0.253 e. The largest absolute Gasteiger partial charge is 0.345 e. The highest BCUT2D eigenvalue weighted by atomic mass is 35.5. The zero-order chi connectivity index (χ0) is 16.6. The molecule has 1 atom stereocenters. The standard InChI is InChI=1S/C19H25N3O.ClH/c1-13-11-17(14(2)22(13)16-7-5-4-6-8-16)18(23)21-19(3,12-20)15-9-10-15;/h4-8,11,15H,9-10,12,20H2,1-3H3,(H,21,23);1H. The molecule has 3 N–H and O–H groups in total. The number of halogens is 1. The Morgan fingerprint density at radius 3 is 2.46 bits per heavy atom. The number of hydrogen-bond donors (Lipinski definition) is 2. The van der Waals surface area contributed by atoms with Gasteiger partial charge < -0.3 is 15.6 Å². The molecule has 1 aliphatic carbocycles.